The quantitative estimate of drug-likeness (QED) is 0.250. The highest BCUT2D eigenvalue weighted by molar-refractivity contribution is 5.76. The first-order valence-corrected chi connectivity index (χ1v) is 3.21. The summed E-state index contributed by atoms with van der Waals surface area (Å²) in [6, 6.07) is 0. The first-order valence-electron chi connectivity index (χ1n) is 3.21. The predicted octanol–water partition coefficient (Wildman–Crippen LogP) is 1.67. The molecular formula is C7H14N2. The lowest BCUT2D eigenvalue weighted by Gasteiger charge is -1.94. The monoisotopic (exact) mass is 126 g/mol. The van der Waals surface area contributed by atoms with Gasteiger partial charge in [-0.15, -0.1) is 6.58 Å². The molecule has 0 aromatic rings. The minimum absolute atomic E-state index is 0.291. The zero-order valence-corrected chi connectivity index (χ0v) is 5.69. The Morgan fingerprint density at radius 1 is 1.56 bits per heavy atom. The maximum Gasteiger partial charge on any atom is 0.0905 e. The predicted molar refractivity (Wildman–Crippen MR) is 40.6 cm³/mol. The number of hydrogen-bond acceptors (Lipinski definition) is 1. The van der Waals surface area contributed by atoms with Gasteiger partial charge in [-0.1, -0.05) is 6.08 Å². The van der Waals surface area contributed by atoms with Gasteiger partial charge in [-0.3, -0.25) is 5.41 Å². The van der Waals surface area contributed by atoms with Gasteiger partial charge < -0.3 is 5.73 Å². The van der Waals surface area contributed by atoms with Gasteiger partial charge in [0.15, 0.2) is 0 Å². The van der Waals surface area contributed by atoms with Gasteiger partial charge in [-0.05, 0) is 19.3 Å². The molecule has 0 aliphatic carbocycles. The first-order chi connectivity index (χ1) is 4.27. The third kappa shape index (κ3) is 7.21. The van der Waals surface area contributed by atoms with Crippen molar-refractivity contribution in [2.45, 2.75) is 25.7 Å². The van der Waals surface area contributed by atoms with E-state index in [1.807, 2.05) is 6.08 Å². The summed E-state index contributed by atoms with van der Waals surface area (Å²) < 4.78 is 0. The van der Waals surface area contributed by atoms with Crippen LogP contribution in [-0.4, -0.2) is 5.84 Å². The molecule has 0 aromatic heterocycles. The summed E-state index contributed by atoms with van der Waals surface area (Å²) in [4.78, 5) is 0. The van der Waals surface area contributed by atoms with Crippen LogP contribution in [0.4, 0.5) is 0 Å². The Hall–Kier alpha value is -0.790. The van der Waals surface area contributed by atoms with Crippen LogP contribution >= 0.6 is 0 Å². The summed E-state index contributed by atoms with van der Waals surface area (Å²) in [5.74, 6) is 0.291. The van der Waals surface area contributed by atoms with E-state index in [9.17, 15) is 0 Å². The van der Waals surface area contributed by atoms with E-state index in [-0.39, 0.29) is 0 Å². The number of amidine groups is 1. The normalized spacial score (nSPS) is 8.89. The molecule has 0 heterocycles. The average molecular weight is 126 g/mol. The third-order valence-corrected chi connectivity index (χ3v) is 1.10. The molecule has 0 amide bonds. The molecule has 0 saturated carbocycles. The molecule has 0 radical (unpaired) electrons. The maximum absolute atomic E-state index is 6.88. The van der Waals surface area contributed by atoms with Gasteiger partial charge in [0.25, 0.3) is 0 Å². The summed E-state index contributed by atoms with van der Waals surface area (Å²) in [6.45, 7) is 3.59. The summed E-state index contributed by atoms with van der Waals surface area (Å²) >= 11 is 0. The van der Waals surface area contributed by atoms with E-state index >= 15 is 0 Å². The van der Waals surface area contributed by atoms with Crippen molar-refractivity contribution < 1.29 is 0 Å². The number of unbranched alkanes of at least 4 members (excludes halogenated alkanes) is 2. The van der Waals surface area contributed by atoms with Crippen LogP contribution in [0, 0.1) is 5.41 Å². The smallest absolute Gasteiger partial charge is 0.0905 e. The van der Waals surface area contributed by atoms with Crippen molar-refractivity contribution >= 4 is 5.84 Å². The van der Waals surface area contributed by atoms with Crippen LogP contribution in [0.25, 0.3) is 0 Å². The summed E-state index contributed by atoms with van der Waals surface area (Å²) in [5, 5.41) is 6.88. The molecule has 0 aliphatic heterocycles. The first kappa shape index (κ1) is 8.21. The largest absolute Gasteiger partial charge is 0.388 e. The van der Waals surface area contributed by atoms with Crippen LogP contribution in [0.3, 0.4) is 0 Å². The molecule has 2 nitrogen and oxygen atoms in total. The number of rotatable bonds is 5. The van der Waals surface area contributed by atoms with Gasteiger partial charge in [0.1, 0.15) is 0 Å². The van der Waals surface area contributed by atoms with Gasteiger partial charge in [0.05, 0.1) is 5.84 Å². The van der Waals surface area contributed by atoms with E-state index < -0.39 is 0 Å². The van der Waals surface area contributed by atoms with Crippen molar-refractivity contribution in [2.24, 2.45) is 5.73 Å². The standard InChI is InChI=1S/C7H14N2/c1-2-3-4-5-6-7(8)9/h2H,1,3-6H2,(H3,8,9). The molecule has 0 aromatic carbocycles. The molecule has 52 valence electrons. The molecule has 0 saturated heterocycles. The van der Waals surface area contributed by atoms with E-state index in [1.165, 1.54) is 0 Å². The molecule has 9 heavy (non-hydrogen) atoms. The van der Waals surface area contributed by atoms with Crippen LogP contribution in [0.2, 0.25) is 0 Å². The van der Waals surface area contributed by atoms with Crippen LogP contribution < -0.4 is 5.73 Å². The van der Waals surface area contributed by atoms with Crippen molar-refractivity contribution in [1.82, 2.24) is 0 Å². The van der Waals surface area contributed by atoms with Crippen LogP contribution in [0.1, 0.15) is 25.7 Å². The second-order valence-electron chi connectivity index (χ2n) is 2.06. The van der Waals surface area contributed by atoms with Crippen molar-refractivity contribution in [3.05, 3.63) is 12.7 Å². The number of nitrogens with one attached hydrogen (secondary N) is 1. The zero-order valence-electron chi connectivity index (χ0n) is 5.69. The van der Waals surface area contributed by atoms with E-state index in [0.717, 1.165) is 25.7 Å². The minimum Gasteiger partial charge on any atom is -0.388 e. The highest BCUT2D eigenvalue weighted by Crippen LogP contribution is 1.98. The highest BCUT2D eigenvalue weighted by Gasteiger charge is 1.87. The Bertz CT molecular complexity index is 97.1. The van der Waals surface area contributed by atoms with Crippen molar-refractivity contribution in [3.63, 3.8) is 0 Å². The highest BCUT2D eigenvalue weighted by atomic mass is 14.7. The van der Waals surface area contributed by atoms with E-state index in [4.69, 9.17) is 11.1 Å². The van der Waals surface area contributed by atoms with Gasteiger partial charge in [-0.25, -0.2) is 0 Å². The zero-order chi connectivity index (χ0) is 7.11. The number of nitrogens with two attached hydrogens (primary N) is 1. The number of allylic oxidation sites excluding steroid dienone is 1. The summed E-state index contributed by atoms with van der Waals surface area (Å²) in [5.41, 5.74) is 5.13. The van der Waals surface area contributed by atoms with E-state index in [1.54, 1.807) is 0 Å². The van der Waals surface area contributed by atoms with Crippen LogP contribution in [0.5, 0.6) is 0 Å². The van der Waals surface area contributed by atoms with Gasteiger partial charge in [0.2, 0.25) is 0 Å². The molecule has 0 fully saturated rings. The molecule has 0 spiro atoms. The Kier molecular flexibility index (Phi) is 4.88. The topological polar surface area (TPSA) is 49.9 Å². The summed E-state index contributed by atoms with van der Waals surface area (Å²) in [6.07, 6.45) is 5.77. The fourth-order valence-corrected chi connectivity index (χ4v) is 0.604. The van der Waals surface area contributed by atoms with Crippen molar-refractivity contribution in [2.75, 3.05) is 0 Å². The molecule has 0 rings (SSSR count). The fourth-order valence-electron chi connectivity index (χ4n) is 0.604. The third-order valence-electron chi connectivity index (χ3n) is 1.10. The lowest BCUT2D eigenvalue weighted by molar-refractivity contribution is 0.774. The summed E-state index contributed by atoms with van der Waals surface area (Å²) in [7, 11) is 0. The Morgan fingerprint density at radius 2 is 2.22 bits per heavy atom. The molecule has 0 bridgehead atoms. The lowest BCUT2D eigenvalue weighted by atomic mass is 10.2. The minimum atomic E-state index is 0.291. The second kappa shape index (κ2) is 5.35. The SMILES string of the molecule is C=CCCCCC(=N)N. The average Bonchev–Trinajstić information content (AvgIpc) is 1.80. The lowest BCUT2D eigenvalue weighted by Crippen LogP contribution is -2.08. The van der Waals surface area contributed by atoms with E-state index in [2.05, 4.69) is 6.58 Å². The van der Waals surface area contributed by atoms with Crippen molar-refractivity contribution in [1.29, 1.82) is 5.41 Å². The Balaban J connectivity index is 2.91. The molecule has 0 aliphatic rings. The van der Waals surface area contributed by atoms with Crippen LogP contribution in [0.15, 0.2) is 12.7 Å². The maximum atomic E-state index is 6.88. The van der Waals surface area contributed by atoms with Crippen LogP contribution in [-0.2, 0) is 0 Å². The molecule has 3 N–H and O–H groups in total. The molecular weight excluding hydrogens is 112 g/mol. The molecule has 0 unspecified atom stereocenters. The molecule has 2 heteroatoms. The fraction of sp³-hybridized carbons (Fsp3) is 0.571. The van der Waals surface area contributed by atoms with Crippen molar-refractivity contribution in [3.8, 4) is 0 Å². The van der Waals surface area contributed by atoms with Gasteiger partial charge >= 0.3 is 0 Å². The van der Waals surface area contributed by atoms with Gasteiger partial charge in [0, 0.05) is 6.42 Å². The molecule has 0 atom stereocenters. The number of hydrogen-bond donors (Lipinski definition) is 2. The van der Waals surface area contributed by atoms with Gasteiger partial charge in [-0.2, -0.15) is 0 Å². The second-order valence-corrected chi connectivity index (χ2v) is 2.06. The van der Waals surface area contributed by atoms with E-state index in [0.29, 0.717) is 5.84 Å². The Labute approximate surface area is 56.3 Å². The Morgan fingerprint density at radius 3 is 2.67 bits per heavy atom.